The van der Waals surface area contributed by atoms with Gasteiger partial charge >= 0.3 is 0 Å². The van der Waals surface area contributed by atoms with Gasteiger partial charge < -0.3 is 5.73 Å². The molecule has 0 spiro atoms. The van der Waals surface area contributed by atoms with Gasteiger partial charge in [-0.3, -0.25) is 4.21 Å². The quantitative estimate of drug-likeness (QED) is 0.872. The molecule has 0 amide bonds. The Morgan fingerprint density at radius 2 is 2.00 bits per heavy atom. The fraction of sp³-hybridized carbons (Fsp3) is 0.133. The topological polar surface area (TPSA) is 66.9 Å². The van der Waals surface area contributed by atoms with Crippen molar-refractivity contribution in [2.75, 3.05) is 5.73 Å². The number of aryl methyl sites for hydroxylation is 1. The van der Waals surface area contributed by atoms with Crippen molar-refractivity contribution in [2.45, 2.75) is 17.6 Å². The van der Waals surface area contributed by atoms with Gasteiger partial charge in [0.2, 0.25) is 0 Å². The van der Waals surface area contributed by atoms with Crippen LogP contribution in [0.25, 0.3) is 0 Å². The molecule has 0 aromatic heterocycles. The number of hydrogen-bond donors (Lipinski definition) is 1. The lowest BCUT2D eigenvalue weighted by Gasteiger charge is -2.07. The molecule has 96 valence electrons. The molecule has 2 rings (SSSR count). The van der Waals surface area contributed by atoms with Crippen LogP contribution in [0.15, 0.2) is 47.4 Å². The van der Waals surface area contributed by atoms with Crippen molar-refractivity contribution in [1.82, 2.24) is 0 Å². The Balaban J connectivity index is 2.29. The van der Waals surface area contributed by atoms with Gasteiger partial charge in [-0.25, -0.2) is 0 Å². The lowest BCUT2D eigenvalue weighted by Crippen LogP contribution is -2.02. The number of rotatable bonds is 3. The van der Waals surface area contributed by atoms with Gasteiger partial charge in [-0.05, 0) is 36.2 Å². The van der Waals surface area contributed by atoms with E-state index in [2.05, 4.69) is 6.07 Å². The molecule has 0 fully saturated rings. The maximum Gasteiger partial charge on any atom is 0.0994 e. The Morgan fingerprint density at radius 3 is 2.68 bits per heavy atom. The van der Waals surface area contributed by atoms with Gasteiger partial charge in [-0.2, -0.15) is 5.26 Å². The number of nitrogens with two attached hydrogens (primary N) is 1. The van der Waals surface area contributed by atoms with Crippen LogP contribution in [0.5, 0.6) is 0 Å². The molecule has 0 aliphatic carbocycles. The first-order chi connectivity index (χ1) is 9.11. The molecule has 3 nitrogen and oxygen atoms in total. The molecule has 2 aromatic rings. The predicted molar refractivity (Wildman–Crippen MR) is 76.9 cm³/mol. The van der Waals surface area contributed by atoms with Gasteiger partial charge in [-0.15, -0.1) is 0 Å². The van der Waals surface area contributed by atoms with E-state index in [1.807, 2.05) is 31.2 Å². The molecule has 0 saturated carbocycles. The minimum absolute atomic E-state index is 0.303. The lowest BCUT2D eigenvalue weighted by molar-refractivity contribution is 0.683. The monoisotopic (exact) mass is 270 g/mol. The zero-order chi connectivity index (χ0) is 13.8. The summed E-state index contributed by atoms with van der Waals surface area (Å²) in [6, 6.07) is 14.8. The third-order valence-corrected chi connectivity index (χ3v) is 4.27. The highest BCUT2D eigenvalue weighted by atomic mass is 32.2. The number of nitriles is 1. The summed E-state index contributed by atoms with van der Waals surface area (Å²) >= 11 is 0. The minimum atomic E-state index is -1.24. The first-order valence-electron chi connectivity index (χ1n) is 5.84. The van der Waals surface area contributed by atoms with E-state index in [1.165, 1.54) is 0 Å². The van der Waals surface area contributed by atoms with Crippen molar-refractivity contribution < 1.29 is 4.21 Å². The molecular weight excluding hydrogens is 256 g/mol. The van der Waals surface area contributed by atoms with Crippen LogP contribution >= 0.6 is 0 Å². The zero-order valence-corrected chi connectivity index (χ0v) is 11.4. The van der Waals surface area contributed by atoms with Crippen molar-refractivity contribution >= 4 is 16.5 Å². The summed E-state index contributed by atoms with van der Waals surface area (Å²) in [7, 11) is -1.24. The van der Waals surface area contributed by atoms with Gasteiger partial charge in [0.25, 0.3) is 0 Å². The van der Waals surface area contributed by atoms with Gasteiger partial charge in [0.05, 0.1) is 33.1 Å². The normalized spacial score (nSPS) is 11.8. The van der Waals surface area contributed by atoms with Crippen LogP contribution in [0.2, 0.25) is 0 Å². The summed E-state index contributed by atoms with van der Waals surface area (Å²) in [5.74, 6) is 0.303. The largest absolute Gasteiger partial charge is 0.398 e. The van der Waals surface area contributed by atoms with Crippen molar-refractivity contribution in [3.8, 4) is 6.07 Å². The summed E-state index contributed by atoms with van der Waals surface area (Å²) in [6.07, 6.45) is 0. The van der Waals surface area contributed by atoms with E-state index in [9.17, 15) is 4.21 Å². The molecule has 0 heterocycles. The van der Waals surface area contributed by atoms with Gasteiger partial charge in [0, 0.05) is 5.69 Å². The zero-order valence-electron chi connectivity index (χ0n) is 10.6. The number of nitrogen functional groups attached to an aromatic ring is 1. The summed E-state index contributed by atoms with van der Waals surface area (Å²) in [6.45, 7) is 1.94. The third-order valence-electron chi connectivity index (χ3n) is 2.83. The van der Waals surface area contributed by atoms with Crippen LogP contribution in [0.4, 0.5) is 5.69 Å². The van der Waals surface area contributed by atoms with E-state index in [0.717, 1.165) is 11.1 Å². The van der Waals surface area contributed by atoms with Gasteiger partial charge in [0.15, 0.2) is 0 Å². The minimum Gasteiger partial charge on any atom is -0.398 e. The molecule has 0 bridgehead atoms. The summed E-state index contributed by atoms with van der Waals surface area (Å²) in [5.41, 5.74) is 8.80. The van der Waals surface area contributed by atoms with Crippen molar-refractivity contribution in [1.29, 1.82) is 5.26 Å². The Hall–Kier alpha value is -2.12. The fourth-order valence-corrected chi connectivity index (χ4v) is 3.08. The lowest BCUT2D eigenvalue weighted by atomic mass is 10.1. The average molecular weight is 270 g/mol. The second kappa shape index (κ2) is 5.68. The molecule has 1 atom stereocenters. The van der Waals surface area contributed by atoms with E-state index in [0.29, 0.717) is 21.9 Å². The predicted octanol–water partition coefficient (Wildman–Crippen LogP) is 2.76. The van der Waals surface area contributed by atoms with Crippen LogP contribution < -0.4 is 5.73 Å². The smallest absolute Gasteiger partial charge is 0.0994 e. The second-order valence-electron chi connectivity index (χ2n) is 4.30. The number of benzene rings is 2. The first kappa shape index (κ1) is 13.3. The molecule has 4 heteroatoms. The SMILES string of the molecule is Cc1ccc(S(=O)Cc2ccccc2C#N)c(N)c1. The van der Waals surface area contributed by atoms with Gasteiger partial charge in [0.1, 0.15) is 0 Å². The van der Waals surface area contributed by atoms with E-state index in [1.54, 1.807) is 18.2 Å². The number of hydrogen-bond acceptors (Lipinski definition) is 3. The van der Waals surface area contributed by atoms with Crippen LogP contribution in [0, 0.1) is 18.3 Å². The van der Waals surface area contributed by atoms with E-state index in [4.69, 9.17) is 11.0 Å². The number of anilines is 1. The van der Waals surface area contributed by atoms with Gasteiger partial charge in [-0.1, -0.05) is 24.3 Å². The van der Waals surface area contributed by atoms with E-state index >= 15 is 0 Å². The molecule has 0 aliphatic rings. The highest BCUT2D eigenvalue weighted by molar-refractivity contribution is 7.84. The maximum atomic E-state index is 12.3. The fourth-order valence-electron chi connectivity index (χ4n) is 1.85. The average Bonchev–Trinajstić information content (AvgIpc) is 2.39. The Morgan fingerprint density at radius 1 is 1.26 bits per heavy atom. The number of nitrogens with zero attached hydrogens (tertiary/aromatic N) is 1. The second-order valence-corrected chi connectivity index (χ2v) is 5.72. The third kappa shape index (κ3) is 3.01. The Bertz CT molecular complexity index is 674. The Labute approximate surface area is 115 Å². The van der Waals surface area contributed by atoms with Crippen molar-refractivity contribution in [3.05, 3.63) is 59.2 Å². The highest BCUT2D eigenvalue weighted by Gasteiger charge is 2.11. The van der Waals surface area contributed by atoms with Crippen molar-refractivity contribution in [3.63, 3.8) is 0 Å². The molecule has 2 aromatic carbocycles. The van der Waals surface area contributed by atoms with Crippen LogP contribution in [0.1, 0.15) is 16.7 Å². The molecule has 0 radical (unpaired) electrons. The Kier molecular flexibility index (Phi) is 3.98. The van der Waals surface area contributed by atoms with E-state index < -0.39 is 10.8 Å². The summed E-state index contributed by atoms with van der Waals surface area (Å²) in [4.78, 5) is 0.623. The highest BCUT2D eigenvalue weighted by Crippen LogP contribution is 2.21. The molecule has 2 N–H and O–H groups in total. The molecular formula is C15H14N2OS. The maximum absolute atomic E-state index is 12.3. The summed E-state index contributed by atoms with van der Waals surface area (Å²) < 4.78 is 12.3. The van der Waals surface area contributed by atoms with Crippen LogP contribution in [-0.4, -0.2) is 4.21 Å². The van der Waals surface area contributed by atoms with Crippen LogP contribution in [-0.2, 0) is 16.6 Å². The van der Waals surface area contributed by atoms with Crippen molar-refractivity contribution in [2.24, 2.45) is 0 Å². The van der Waals surface area contributed by atoms with Crippen LogP contribution in [0.3, 0.4) is 0 Å². The standard InChI is InChI=1S/C15H14N2OS/c1-11-6-7-15(14(17)8-11)19(18)10-13-5-3-2-4-12(13)9-16/h2-8H,10,17H2,1H3. The summed E-state index contributed by atoms with van der Waals surface area (Å²) in [5, 5.41) is 9.02. The molecule has 0 aliphatic heterocycles. The molecule has 19 heavy (non-hydrogen) atoms. The van der Waals surface area contributed by atoms with E-state index in [-0.39, 0.29) is 0 Å². The first-order valence-corrected chi connectivity index (χ1v) is 7.16. The molecule has 0 saturated heterocycles. The molecule has 1 unspecified atom stereocenters.